The summed E-state index contributed by atoms with van der Waals surface area (Å²) >= 11 is 0. The van der Waals surface area contributed by atoms with Gasteiger partial charge < -0.3 is 9.84 Å². The number of sulfonamides is 1. The average Bonchev–Trinajstić information content (AvgIpc) is 2.49. The van der Waals surface area contributed by atoms with Crippen molar-refractivity contribution in [1.29, 1.82) is 5.26 Å². The first kappa shape index (κ1) is 14.7. The van der Waals surface area contributed by atoms with Crippen molar-refractivity contribution in [2.24, 2.45) is 0 Å². The molecule has 108 valence electrons. The van der Waals surface area contributed by atoms with Gasteiger partial charge in [0.1, 0.15) is 11.5 Å². The standard InChI is InChI=1S/C14H12N2O4S/c1-20-11-5-6-14(17)13(8-11)16-21(18,19)12-4-2-3-10(7-12)9-15/h2-8,16-17H,1H3. The van der Waals surface area contributed by atoms with E-state index in [-0.39, 0.29) is 21.9 Å². The van der Waals surface area contributed by atoms with Gasteiger partial charge in [-0.05, 0) is 30.3 Å². The van der Waals surface area contributed by atoms with E-state index in [0.29, 0.717) is 5.75 Å². The molecule has 2 aromatic carbocycles. The van der Waals surface area contributed by atoms with Crippen LogP contribution in [0.2, 0.25) is 0 Å². The molecule has 0 aromatic heterocycles. The summed E-state index contributed by atoms with van der Waals surface area (Å²) < 4.78 is 31.7. The molecule has 6 nitrogen and oxygen atoms in total. The maximum atomic E-state index is 12.2. The Bertz CT molecular complexity index is 810. The third-order valence-electron chi connectivity index (χ3n) is 2.72. The van der Waals surface area contributed by atoms with E-state index in [2.05, 4.69) is 4.72 Å². The lowest BCUT2D eigenvalue weighted by molar-refractivity contribution is 0.413. The molecule has 0 aliphatic carbocycles. The van der Waals surface area contributed by atoms with Gasteiger partial charge >= 0.3 is 0 Å². The third kappa shape index (κ3) is 3.24. The number of phenols is 1. The molecule has 0 bridgehead atoms. The second kappa shape index (κ2) is 5.73. The number of hydrogen-bond donors (Lipinski definition) is 2. The van der Waals surface area contributed by atoms with Crippen molar-refractivity contribution in [2.45, 2.75) is 4.90 Å². The molecule has 0 spiro atoms. The van der Waals surface area contributed by atoms with Crippen molar-refractivity contribution in [3.63, 3.8) is 0 Å². The number of aromatic hydroxyl groups is 1. The first-order valence-corrected chi connectivity index (χ1v) is 7.34. The quantitative estimate of drug-likeness (QED) is 0.842. The number of rotatable bonds is 4. The molecule has 2 N–H and O–H groups in total. The van der Waals surface area contributed by atoms with E-state index in [1.807, 2.05) is 6.07 Å². The summed E-state index contributed by atoms with van der Waals surface area (Å²) in [6.45, 7) is 0. The van der Waals surface area contributed by atoms with Crippen molar-refractivity contribution in [3.8, 4) is 17.6 Å². The van der Waals surface area contributed by atoms with E-state index < -0.39 is 10.0 Å². The monoisotopic (exact) mass is 304 g/mol. The Labute approximate surface area is 122 Å². The van der Waals surface area contributed by atoms with Crippen molar-refractivity contribution in [3.05, 3.63) is 48.0 Å². The molecule has 0 fully saturated rings. The molecule has 0 saturated heterocycles. The Morgan fingerprint density at radius 3 is 2.67 bits per heavy atom. The fourth-order valence-electron chi connectivity index (χ4n) is 1.66. The van der Waals surface area contributed by atoms with E-state index in [1.54, 1.807) is 0 Å². The summed E-state index contributed by atoms with van der Waals surface area (Å²) in [7, 11) is -2.48. The maximum absolute atomic E-state index is 12.2. The number of methoxy groups -OCH3 is 1. The van der Waals surface area contributed by atoms with Crippen LogP contribution in [0.25, 0.3) is 0 Å². The molecule has 0 amide bonds. The van der Waals surface area contributed by atoms with Crippen LogP contribution in [0.4, 0.5) is 5.69 Å². The third-order valence-corrected chi connectivity index (χ3v) is 4.08. The van der Waals surface area contributed by atoms with Crippen LogP contribution >= 0.6 is 0 Å². The van der Waals surface area contributed by atoms with Gasteiger partial charge in [0.25, 0.3) is 10.0 Å². The molecule has 0 saturated carbocycles. The molecule has 0 radical (unpaired) electrons. The average molecular weight is 304 g/mol. The van der Waals surface area contributed by atoms with Crippen LogP contribution in [0.15, 0.2) is 47.4 Å². The minimum atomic E-state index is -3.91. The molecular weight excluding hydrogens is 292 g/mol. The number of ether oxygens (including phenoxy) is 1. The number of hydrogen-bond acceptors (Lipinski definition) is 5. The zero-order valence-electron chi connectivity index (χ0n) is 11.1. The first-order valence-electron chi connectivity index (χ1n) is 5.86. The highest BCUT2D eigenvalue weighted by Crippen LogP contribution is 2.29. The van der Waals surface area contributed by atoms with E-state index in [1.165, 1.54) is 49.6 Å². The normalized spacial score (nSPS) is 10.7. The van der Waals surface area contributed by atoms with Gasteiger partial charge in [0.2, 0.25) is 0 Å². The van der Waals surface area contributed by atoms with Crippen LogP contribution in [0.1, 0.15) is 5.56 Å². The van der Waals surface area contributed by atoms with Gasteiger partial charge in [0.15, 0.2) is 0 Å². The molecule has 21 heavy (non-hydrogen) atoms. The fraction of sp³-hybridized carbons (Fsp3) is 0.0714. The zero-order chi connectivity index (χ0) is 15.5. The highest BCUT2D eigenvalue weighted by molar-refractivity contribution is 7.92. The van der Waals surface area contributed by atoms with Crippen molar-refractivity contribution in [1.82, 2.24) is 0 Å². The van der Waals surface area contributed by atoms with Crippen molar-refractivity contribution in [2.75, 3.05) is 11.8 Å². The summed E-state index contributed by atoms with van der Waals surface area (Å²) in [5, 5.41) is 18.5. The van der Waals surface area contributed by atoms with E-state index >= 15 is 0 Å². The number of nitriles is 1. The maximum Gasteiger partial charge on any atom is 0.262 e. The largest absolute Gasteiger partial charge is 0.506 e. The Kier molecular flexibility index (Phi) is 4.00. The molecule has 2 rings (SSSR count). The van der Waals surface area contributed by atoms with Crippen LogP contribution in [-0.2, 0) is 10.0 Å². The van der Waals surface area contributed by atoms with Crippen LogP contribution in [0, 0.1) is 11.3 Å². The Balaban J connectivity index is 2.40. The summed E-state index contributed by atoms with van der Waals surface area (Å²) in [5.74, 6) is 0.173. The lowest BCUT2D eigenvalue weighted by Crippen LogP contribution is -2.13. The van der Waals surface area contributed by atoms with Gasteiger partial charge in [-0.2, -0.15) is 5.26 Å². The summed E-state index contributed by atoms with van der Waals surface area (Å²) in [6.07, 6.45) is 0. The Morgan fingerprint density at radius 1 is 1.24 bits per heavy atom. The van der Waals surface area contributed by atoms with E-state index in [0.717, 1.165) is 0 Å². The van der Waals surface area contributed by atoms with Crippen LogP contribution < -0.4 is 9.46 Å². The number of nitrogens with one attached hydrogen (secondary N) is 1. The van der Waals surface area contributed by atoms with Gasteiger partial charge in [-0.1, -0.05) is 6.07 Å². The zero-order valence-corrected chi connectivity index (χ0v) is 11.9. The number of anilines is 1. The van der Waals surface area contributed by atoms with Crippen molar-refractivity contribution < 1.29 is 18.3 Å². The molecule has 0 atom stereocenters. The molecule has 0 aliphatic heterocycles. The highest BCUT2D eigenvalue weighted by atomic mass is 32.2. The molecule has 2 aromatic rings. The van der Waals surface area contributed by atoms with Gasteiger partial charge in [0, 0.05) is 6.07 Å². The molecule has 7 heteroatoms. The molecule has 0 heterocycles. The van der Waals surface area contributed by atoms with Gasteiger partial charge in [-0.25, -0.2) is 8.42 Å². The van der Waals surface area contributed by atoms with E-state index in [9.17, 15) is 13.5 Å². The Hall–Kier alpha value is -2.72. The number of benzene rings is 2. The lowest BCUT2D eigenvalue weighted by Gasteiger charge is -2.11. The summed E-state index contributed by atoms with van der Waals surface area (Å²) in [4.78, 5) is -0.0660. The minimum Gasteiger partial charge on any atom is -0.506 e. The van der Waals surface area contributed by atoms with E-state index in [4.69, 9.17) is 10.00 Å². The van der Waals surface area contributed by atoms with Crippen molar-refractivity contribution >= 4 is 15.7 Å². The van der Waals surface area contributed by atoms with Gasteiger partial charge in [-0.3, -0.25) is 4.72 Å². The predicted molar refractivity (Wildman–Crippen MR) is 76.6 cm³/mol. The molecule has 0 aliphatic rings. The molecular formula is C14H12N2O4S. The number of phenolic OH excluding ortho intramolecular Hbond substituents is 1. The smallest absolute Gasteiger partial charge is 0.262 e. The highest BCUT2D eigenvalue weighted by Gasteiger charge is 2.17. The lowest BCUT2D eigenvalue weighted by atomic mass is 10.2. The summed E-state index contributed by atoms with van der Waals surface area (Å²) in [5.41, 5.74) is 0.226. The second-order valence-electron chi connectivity index (χ2n) is 4.13. The van der Waals surface area contributed by atoms with Gasteiger partial charge in [0.05, 0.1) is 29.3 Å². The van der Waals surface area contributed by atoms with Gasteiger partial charge in [-0.15, -0.1) is 0 Å². The number of nitrogens with zero attached hydrogens (tertiary/aromatic N) is 1. The first-order chi connectivity index (χ1) is 9.96. The summed E-state index contributed by atoms with van der Waals surface area (Å²) in [6, 6.07) is 11.6. The second-order valence-corrected chi connectivity index (χ2v) is 5.81. The fourth-order valence-corrected chi connectivity index (χ4v) is 2.77. The Morgan fingerprint density at radius 2 is 2.00 bits per heavy atom. The predicted octanol–water partition coefficient (Wildman–Crippen LogP) is 2.07. The minimum absolute atomic E-state index is 0.00305. The molecule has 0 unspecified atom stereocenters. The topological polar surface area (TPSA) is 99.4 Å². The SMILES string of the molecule is COc1ccc(O)c(NS(=O)(=O)c2cccc(C#N)c2)c1. The van der Waals surface area contributed by atoms with Crippen LogP contribution in [-0.4, -0.2) is 20.6 Å². The van der Waals surface area contributed by atoms with Crippen LogP contribution in [0.3, 0.4) is 0 Å². The van der Waals surface area contributed by atoms with Crippen LogP contribution in [0.5, 0.6) is 11.5 Å².